The Kier molecular flexibility index (Phi) is 4.02. The zero-order valence-corrected chi connectivity index (χ0v) is 12.7. The molecule has 6 nitrogen and oxygen atoms in total. The number of halogens is 1. The number of nitrogens with one attached hydrogen (secondary N) is 1. The summed E-state index contributed by atoms with van der Waals surface area (Å²) in [6.07, 6.45) is 1.71. The van der Waals surface area contributed by atoms with Crippen molar-refractivity contribution in [3.8, 4) is 5.75 Å². The summed E-state index contributed by atoms with van der Waals surface area (Å²) >= 11 is 6.07. The number of fused-ring (bicyclic) bond motifs is 1. The van der Waals surface area contributed by atoms with Crippen LogP contribution >= 0.6 is 11.6 Å². The van der Waals surface area contributed by atoms with Crippen LogP contribution in [0.2, 0.25) is 5.02 Å². The molecule has 0 aliphatic heterocycles. The molecule has 3 rings (SSSR count). The van der Waals surface area contributed by atoms with E-state index in [9.17, 15) is 4.79 Å². The van der Waals surface area contributed by atoms with Gasteiger partial charge in [0.1, 0.15) is 5.75 Å². The molecule has 0 unspecified atom stereocenters. The first kappa shape index (κ1) is 14.5. The van der Waals surface area contributed by atoms with Crippen molar-refractivity contribution in [1.29, 1.82) is 0 Å². The summed E-state index contributed by atoms with van der Waals surface area (Å²) in [6, 6.07) is 10.9. The molecule has 1 aromatic carbocycles. The number of ether oxygens (including phenoxy) is 1. The van der Waals surface area contributed by atoms with Gasteiger partial charge in [0.15, 0.2) is 5.65 Å². The lowest BCUT2D eigenvalue weighted by Crippen LogP contribution is -2.24. The summed E-state index contributed by atoms with van der Waals surface area (Å²) < 4.78 is 8.06. The molecule has 0 amide bonds. The molecule has 0 saturated carbocycles. The second-order valence-corrected chi connectivity index (χ2v) is 5.12. The smallest absolute Gasteiger partial charge is 0.350 e. The van der Waals surface area contributed by atoms with Crippen LogP contribution in [-0.4, -0.2) is 27.8 Å². The van der Waals surface area contributed by atoms with Crippen LogP contribution in [0.3, 0.4) is 0 Å². The number of nitrogens with zero attached hydrogens (tertiary/aromatic N) is 3. The van der Waals surface area contributed by atoms with Crippen LogP contribution < -0.4 is 15.7 Å². The normalized spacial score (nSPS) is 10.8. The van der Waals surface area contributed by atoms with E-state index in [-0.39, 0.29) is 5.69 Å². The van der Waals surface area contributed by atoms with Gasteiger partial charge in [-0.2, -0.15) is 0 Å². The Bertz CT molecular complexity index is 856. The fraction of sp³-hybridized carbons (Fsp3) is 0.200. The zero-order chi connectivity index (χ0) is 15.5. The van der Waals surface area contributed by atoms with E-state index in [4.69, 9.17) is 16.3 Å². The summed E-state index contributed by atoms with van der Waals surface area (Å²) in [7, 11) is 1.57. The maximum absolute atomic E-state index is 12.1. The maximum atomic E-state index is 12.1. The van der Waals surface area contributed by atoms with Gasteiger partial charge in [0.25, 0.3) is 0 Å². The largest absolute Gasteiger partial charge is 0.495 e. The van der Waals surface area contributed by atoms with Crippen molar-refractivity contribution in [2.75, 3.05) is 19.0 Å². The maximum Gasteiger partial charge on any atom is 0.350 e. The lowest BCUT2D eigenvalue weighted by molar-refractivity contribution is 0.415. The van der Waals surface area contributed by atoms with Gasteiger partial charge < -0.3 is 10.1 Å². The predicted molar refractivity (Wildman–Crippen MR) is 85.9 cm³/mol. The standard InChI is InChI=1S/C15H15ClN4O2/c1-22-13-6-5-11(10-12(13)16)17-7-9-20-15(21)19-8-3-2-4-14(19)18-20/h2-6,8,10,17H,7,9H2,1H3. The molecule has 0 atom stereocenters. The van der Waals surface area contributed by atoms with E-state index in [0.29, 0.717) is 29.5 Å². The van der Waals surface area contributed by atoms with Gasteiger partial charge in [-0.25, -0.2) is 9.48 Å². The Labute approximate surface area is 131 Å². The third-order valence-electron chi connectivity index (χ3n) is 3.29. The average Bonchev–Trinajstić information content (AvgIpc) is 2.84. The van der Waals surface area contributed by atoms with Crippen molar-refractivity contribution in [2.45, 2.75) is 6.54 Å². The number of aromatic nitrogens is 3. The molecule has 0 fully saturated rings. The molecule has 0 bridgehead atoms. The van der Waals surface area contributed by atoms with Gasteiger partial charge in [-0.1, -0.05) is 17.7 Å². The van der Waals surface area contributed by atoms with Crippen LogP contribution in [0.25, 0.3) is 5.65 Å². The zero-order valence-electron chi connectivity index (χ0n) is 12.0. The molecule has 0 radical (unpaired) electrons. The predicted octanol–water partition coefficient (Wildman–Crippen LogP) is 2.27. The molecule has 2 heterocycles. The number of rotatable bonds is 5. The molecule has 0 aliphatic carbocycles. The number of hydrogen-bond acceptors (Lipinski definition) is 4. The van der Waals surface area contributed by atoms with E-state index < -0.39 is 0 Å². The van der Waals surface area contributed by atoms with Crippen molar-refractivity contribution in [3.05, 3.63) is 58.1 Å². The first-order valence-electron chi connectivity index (χ1n) is 6.80. The Balaban J connectivity index is 1.68. The van der Waals surface area contributed by atoms with Gasteiger partial charge in [-0.3, -0.25) is 4.40 Å². The van der Waals surface area contributed by atoms with Crippen LogP contribution in [0, 0.1) is 0 Å². The van der Waals surface area contributed by atoms with Crippen LogP contribution in [0.15, 0.2) is 47.4 Å². The Morgan fingerprint density at radius 2 is 2.18 bits per heavy atom. The van der Waals surface area contributed by atoms with Crippen molar-refractivity contribution < 1.29 is 4.74 Å². The minimum absolute atomic E-state index is 0.148. The van der Waals surface area contributed by atoms with Gasteiger partial charge in [0.2, 0.25) is 0 Å². The highest BCUT2D eigenvalue weighted by Gasteiger charge is 2.06. The van der Waals surface area contributed by atoms with E-state index in [1.807, 2.05) is 12.1 Å². The molecular formula is C15H15ClN4O2. The fourth-order valence-electron chi connectivity index (χ4n) is 2.20. The molecule has 22 heavy (non-hydrogen) atoms. The molecule has 114 valence electrons. The second kappa shape index (κ2) is 6.11. The minimum atomic E-state index is -0.148. The summed E-state index contributed by atoms with van der Waals surface area (Å²) in [5.41, 5.74) is 1.35. The van der Waals surface area contributed by atoms with Crippen LogP contribution in [0.1, 0.15) is 0 Å². The number of hydrogen-bond donors (Lipinski definition) is 1. The summed E-state index contributed by atoms with van der Waals surface area (Å²) in [6.45, 7) is 1.02. The monoisotopic (exact) mass is 318 g/mol. The van der Waals surface area contributed by atoms with Crippen molar-refractivity contribution >= 4 is 22.9 Å². The van der Waals surface area contributed by atoms with E-state index in [1.165, 1.54) is 9.08 Å². The lowest BCUT2D eigenvalue weighted by Gasteiger charge is -2.08. The second-order valence-electron chi connectivity index (χ2n) is 4.71. The van der Waals surface area contributed by atoms with E-state index in [1.54, 1.807) is 37.6 Å². The van der Waals surface area contributed by atoms with Crippen molar-refractivity contribution in [1.82, 2.24) is 14.2 Å². The molecule has 0 aliphatic rings. The quantitative estimate of drug-likeness (QED) is 0.784. The molecule has 2 aromatic heterocycles. The molecule has 7 heteroatoms. The number of benzene rings is 1. The highest BCUT2D eigenvalue weighted by molar-refractivity contribution is 6.32. The number of methoxy groups -OCH3 is 1. The molecule has 0 saturated heterocycles. The van der Waals surface area contributed by atoms with Gasteiger partial charge in [0.05, 0.1) is 18.7 Å². The van der Waals surface area contributed by atoms with E-state index >= 15 is 0 Å². The first-order valence-corrected chi connectivity index (χ1v) is 7.18. The van der Waals surface area contributed by atoms with Crippen molar-refractivity contribution in [2.24, 2.45) is 0 Å². The van der Waals surface area contributed by atoms with Gasteiger partial charge in [-0.05, 0) is 30.3 Å². The molecular weight excluding hydrogens is 304 g/mol. The molecule has 3 aromatic rings. The van der Waals surface area contributed by atoms with Crippen LogP contribution in [0.5, 0.6) is 5.75 Å². The molecule has 1 N–H and O–H groups in total. The first-order chi connectivity index (χ1) is 10.7. The lowest BCUT2D eigenvalue weighted by atomic mass is 10.3. The van der Waals surface area contributed by atoms with E-state index in [0.717, 1.165) is 5.69 Å². The average molecular weight is 319 g/mol. The Morgan fingerprint density at radius 3 is 2.91 bits per heavy atom. The third kappa shape index (κ3) is 2.78. The van der Waals surface area contributed by atoms with Crippen molar-refractivity contribution in [3.63, 3.8) is 0 Å². The van der Waals surface area contributed by atoms with E-state index in [2.05, 4.69) is 10.4 Å². The Hall–Kier alpha value is -2.47. The van der Waals surface area contributed by atoms with Gasteiger partial charge in [0, 0.05) is 18.4 Å². The minimum Gasteiger partial charge on any atom is -0.495 e. The number of anilines is 1. The fourth-order valence-corrected chi connectivity index (χ4v) is 2.45. The van der Waals surface area contributed by atoms with Gasteiger partial charge >= 0.3 is 5.69 Å². The topological polar surface area (TPSA) is 60.6 Å². The summed E-state index contributed by atoms with van der Waals surface area (Å²) in [5.74, 6) is 0.629. The highest BCUT2D eigenvalue weighted by atomic mass is 35.5. The molecule has 0 spiro atoms. The summed E-state index contributed by atoms with van der Waals surface area (Å²) in [5, 5.41) is 8.02. The summed E-state index contributed by atoms with van der Waals surface area (Å²) in [4.78, 5) is 12.1. The highest BCUT2D eigenvalue weighted by Crippen LogP contribution is 2.26. The van der Waals surface area contributed by atoms with Gasteiger partial charge in [-0.15, -0.1) is 5.10 Å². The Morgan fingerprint density at radius 1 is 1.32 bits per heavy atom. The van der Waals surface area contributed by atoms with Crippen LogP contribution in [-0.2, 0) is 6.54 Å². The SMILES string of the molecule is COc1ccc(NCCn2nc3ccccn3c2=O)cc1Cl. The van der Waals surface area contributed by atoms with Crippen LogP contribution in [0.4, 0.5) is 5.69 Å². The third-order valence-corrected chi connectivity index (χ3v) is 3.59. The number of pyridine rings is 1.